The summed E-state index contributed by atoms with van der Waals surface area (Å²) >= 11 is 1.68. The van der Waals surface area contributed by atoms with Crippen LogP contribution < -0.4 is 5.32 Å². The van der Waals surface area contributed by atoms with Gasteiger partial charge in [-0.05, 0) is 37.8 Å². The first kappa shape index (κ1) is 16.4. The van der Waals surface area contributed by atoms with Crippen molar-refractivity contribution in [3.05, 3.63) is 16.6 Å². The first-order valence-electron chi connectivity index (χ1n) is 8.95. The van der Waals surface area contributed by atoms with Gasteiger partial charge in [0.25, 0.3) is 0 Å². The molecule has 3 fully saturated rings. The summed E-state index contributed by atoms with van der Waals surface area (Å²) in [5.41, 5.74) is 0.438. The van der Waals surface area contributed by atoms with Crippen molar-refractivity contribution in [3.8, 4) is 0 Å². The summed E-state index contributed by atoms with van der Waals surface area (Å²) in [6.45, 7) is 6.31. The summed E-state index contributed by atoms with van der Waals surface area (Å²) in [6, 6.07) is 0.536. The second-order valence-electron chi connectivity index (χ2n) is 7.16. The molecule has 0 bridgehead atoms. The average Bonchev–Trinajstić information content (AvgIpc) is 3.06. The Morgan fingerprint density at radius 1 is 1.42 bits per heavy atom. The van der Waals surface area contributed by atoms with Gasteiger partial charge in [-0.15, -0.1) is 11.3 Å². The Balaban J connectivity index is 1.43. The van der Waals surface area contributed by atoms with Crippen LogP contribution in [0.1, 0.15) is 24.3 Å². The molecule has 24 heavy (non-hydrogen) atoms. The average molecular weight is 350 g/mol. The van der Waals surface area contributed by atoms with E-state index in [1.165, 1.54) is 19.3 Å². The van der Waals surface area contributed by atoms with Crippen molar-refractivity contribution in [2.24, 2.45) is 5.41 Å². The molecule has 7 heteroatoms. The lowest BCUT2D eigenvalue weighted by atomic mass is 9.93. The van der Waals surface area contributed by atoms with Crippen molar-refractivity contribution < 1.29 is 9.53 Å². The number of aromatic nitrogens is 1. The molecule has 1 aliphatic carbocycles. The summed E-state index contributed by atoms with van der Waals surface area (Å²) in [7, 11) is 0. The lowest BCUT2D eigenvalue weighted by Gasteiger charge is -2.32. The summed E-state index contributed by atoms with van der Waals surface area (Å²) < 4.78 is 5.37. The normalized spacial score (nSPS) is 26.0. The highest BCUT2D eigenvalue weighted by atomic mass is 32.1. The predicted molar refractivity (Wildman–Crippen MR) is 92.9 cm³/mol. The van der Waals surface area contributed by atoms with E-state index in [0.717, 1.165) is 37.7 Å². The fourth-order valence-corrected chi connectivity index (χ4v) is 4.81. The Morgan fingerprint density at radius 2 is 2.21 bits per heavy atom. The van der Waals surface area contributed by atoms with E-state index in [-0.39, 0.29) is 5.91 Å². The van der Waals surface area contributed by atoms with Gasteiger partial charge in [-0.2, -0.15) is 0 Å². The number of hydrogen-bond donors (Lipinski definition) is 1. The minimum atomic E-state index is 0.242. The molecule has 4 rings (SSSR count). The molecule has 1 saturated carbocycles. The molecular formula is C17H26N4O2S. The van der Waals surface area contributed by atoms with E-state index in [1.54, 1.807) is 11.3 Å². The van der Waals surface area contributed by atoms with Gasteiger partial charge in [-0.3, -0.25) is 9.69 Å². The van der Waals surface area contributed by atoms with Crippen LogP contribution in [0.4, 0.5) is 0 Å². The molecule has 2 saturated heterocycles. The summed E-state index contributed by atoms with van der Waals surface area (Å²) in [5, 5.41) is 6.59. The lowest BCUT2D eigenvalue weighted by molar-refractivity contribution is -0.136. The lowest BCUT2D eigenvalue weighted by Crippen LogP contribution is -2.47. The quantitative estimate of drug-likeness (QED) is 0.857. The van der Waals surface area contributed by atoms with Gasteiger partial charge in [0.1, 0.15) is 5.01 Å². The zero-order valence-corrected chi connectivity index (χ0v) is 14.9. The van der Waals surface area contributed by atoms with Crippen LogP contribution in [0.15, 0.2) is 11.6 Å². The molecule has 1 amide bonds. The van der Waals surface area contributed by atoms with Gasteiger partial charge in [-0.1, -0.05) is 0 Å². The highest BCUT2D eigenvalue weighted by molar-refractivity contribution is 7.09. The molecule has 6 nitrogen and oxygen atoms in total. The van der Waals surface area contributed by atoms with E-state index in [4.69, 9.17) is 4.74 Å². The monoisotopic (exact) mass is 350 g/mol. The van der Waals surface area contributed by atoms with E-state index in [1.807, 2.05) is 16.5 Å². The number of thiazole rings is 1. The molecule has 1 aromatic rings. The second-order valence-corrected chi connectivity index (χ2v) is 8.14. The summed E-state index contributed by atoms with van der Waals surface area (Å²) in [6.07, 6.45) is 5.56. The smallest absolute Gasteiger partial charge is 0.236 e. The second kappa shape index (κ2) is 7.07. The summed E-state index contributed by atoms with van der Waals surface area (Å²) in [5.74, 6) is 0.242. The van der Waals surface area contributed by atoms with E-state index in [9.17, 15) is 4.79 Å². The van der Waals surface area contributed by atoms with Crippen molar-refractivity contribution in [1.29, 1.82) is 0 Å². The van der Waals surface area contributed by atoms with E-state index >= 15 is 0 Å². The Morgan fingerprint density at radius 3 is 2.92 bits per heavy atom. The Kier molecular flexibility index (Phi) is 4.85. The van der Waals surface area contributed by atoms with Gasteiger partial charge in [0, 0.05) is 30.7 Å². The zero-order chi connectivity index (χ0) is 16.4. The standard InChI is InChI=1S/C17H26N4O2S/c22-16(20-6-8-23-9-7-20)13-21(12-15-19-5-10-24-15)14-11-17(14)1-3-18-4-2-17/h5,10,14,18H,1-4,6-9,11-13H2/t14-/m0/s1. The molecule has 0 aromatic carbocycles. The molecule has 3 heterocycles. The van der Waals surface area contributed by atoms with Crippen LogP contribution in [-0.2, 0) is 16.1 Å². The highest BCUT2D eigenvalue weighted by Crippen LogP contribution is 2.56. The van der Waals surface area contributed by atoms with Crippen LogP contribution in [0.25, 0.3) is 0 Å². The summed E-state index contributed by atoms with van der Waals surface area (Å²) in [4.78, 5) is 21.5. The number of carbonyl (C=O) groups excluding carboxylic acids is 1. The highest BCUT2D eigenvalue weighted by Gasteiger charge is 2.56. The van der Waals surface area contributed by atoms with Gasteiger partial charge in [0.15, 0.2) is 0 Å². The number of rotatable bonds is 5. The number of piperidine rings is 1. The molecule has 1 aromatic heterocycles. The van der Waals surface area contributed by atoms with Crippen molar-refractivity contribution >= 4 is 17.2 Å². The van der Waals surface area contributed by atoms with Crippen LogP contribution in [0.5, 0.6) is 0 Å². The number of amides is 1. The van der Waals surface area contributed by atoms with Crippen LogP contribution in [0.3, 0.4) is 0 Å². The first-order valence-corrected chi connectivity index (χ1v) is 9.83. The van der Waals surface area contributed by atoms with Gasteiger partial charge >= 0.3 is 0 Å². The van der Waals surface area contributed by atoms with E-state index in [0.29, 0.717) is 31.2 Å². The molecule has 1 N–H and O–H groups in total. The molecular weight excluding hydrogens is 324 g/mol. The Labute approximate surface area is 147 Å². The third kappa shape index (κ3) is 3.49. The van der Waals surface area contributed by atoms with Gasteiger partial charge in [0.2, 0.25) is 5.91 Å². The maximum atomic E-state index is 12.7. The minimum absolute atomic E-state index is 0.242. The maximum Gasteiger partial charge on any atom is 0.236 e. The largest absolute Gasteiger partial charge is 0.378 e. The van der Waals surface area contributed by atoms with Crippen LogP contribution >= 0.6 is 11.3 Å². The zero-order valence-electron chi connectivity index (χ0n) is 14.1. The molecule has 0 unspecified atom stereocenters. The van der Waals surface area contributed by atoms with Crippen molar-refractivity contribution in [2.75, 3.05) is 45.9 Å². The van der Waals surface area contributed by atoms with Crippen LogP contribution in [0, 0.1) is 5.41 Å². The van der Waals surface area contributed by atoms with E-state index < -0.39 is 0 Å². The molecule has 1 atom stereocenters. The number of nitrogens with zero attached hydrogens (tertiary/aromatic N) is 3. The molecule has 0 radical (unpaired) electrons. The number of morpholine rings is 1. The third-order valence-corrected chi connectivity index (χ3v) is 6.48. The molecule has 3 aliphatic rings. The van der Waals surface area contributed by atoms with Crippen molar-refractivity contribution in [1.82, 2.24) is 20.1 Å². The van der Waals surface area contributed by atoms with Gasteiger partial charge in [0.05, 0.1) is 26.3 Å². The van der Waals surface area contributed by atoms with Crippen LogP contribution in [-0.4, -0.2) is 72.7 Å². The number of nitrogens with one attached hydrogen (secondary N) is 1. The maximum absolute atomic E-state index is 12.7. The van der Waals surface area contributed by atoms with Crippen molar-refractivity contribution in [3.63, 3.8) is 0 Å². The van der Waals surface area contributed by atoms with E-state index in [2.05, 4.69) is 15.2 Å². The molecule has 2 aliphatic heterocycles. The SMILES string of the molecule is O=C(CN(Cc1nccs1)[C@H]1CC12CCNCC2)N1CCOCC1. The van der Waals surface area contributed by atoms with Gasteiger partial charge in [-0.25, -0.2) is 4.98 Å². The third-order valence-electron chi connectivity index (χ3n) is 5.71. The number of ether oxygens (including phenoxy) is 1. The predicted octanol–water partition coefficient (Wildman–Crippen LogP) is 0.946. The number of carbonyl (C=O) groups is 1. The fourth-order valence-electron chi connectivity index (χ4n) is 4.17. The Bertz CT molecular complexity index is 553. The van der Waals surface area contributed by atoms with Gasteiger partial charge < -0.3 is 15.0 Å². The topological polar surface area (TPSA) is 57.7 Å². The fraction of sp³-hybridized carbons (Fsp3) is 0.765. The van der Waals surface area contributed by atoms with Crippen LogP contribution in [0.2, 0.25) is 0 Å². The molecule has 132 valence electrons. The Hall–Kier alpha value is -1.02. The van der Waals surface area contributed by atoms with Crippen molar-refractivity contribution in [2.45, 2.75) is 31.8 Å². The molecule has 1 spiro atoms. The minimum Gasteiger partial charge on any atom is -0.378 e. The number of hydrogen-bond acceptors (Lipinski definition) is 6. The first-order chi connectivity index (χ1) is 11.8.